The number of carbonyl (C=O) groups excluding carboxylic acids is 1. The van der Waals surface area contributed by atoms with Crippen LogP contribution < -0.4 is 5.32 Å². The van der Waals surface area contributed by atoms with Crippen LogP contribution in [0.3, 0.4) is 0 Å². The van der Waals surface area contributed by atoms with E-state index < -0.39 is 17.8 Å². The molecule has 3 aromatic heterocycles. The lowest BCUT2D eigenvalue weighted by Gasteiger charge is -2.23. The molecule has 0 spiro atoms. The number of aromatic nitrogens is 5. The highest BCUT2D eigenvalue weighted by Crippen LogP contribution is 2.40. The monoisotopic (exact) mass is 534 g/mol. The van der Waals surface area contributed by atoms with Crippen LogP contribution in [0, 0.1) is 19.7 Å². The Bertz CT molecular complexity index is 1750. The van der Waals surface area contributed by atoms with E-state index in [2.05, 4.69) is 20.5 Å². The van der Waals surface area contributed by atoms with Crippen molar-refractivity contribution in [1.82, 2.24) is 24.4 Å². The number of aryl methyl sites for hydroxylation is 2. The van der Waals surface area contributed by atoms with Gasteiger partial charge in [0.15, 0.2) is 17.0 Å². The van der Waals surface area contributed by atoms with Gasteiger partial charge in [0.1, 0.15) is 5.82 Å². The Hall–Kier alpha value is -4.54. The summed E-state index contributed by atoms with van der Waals surface area (Å²) in [6, 6.07) is 14.5. The minimum absolute atomic E-state index is 0.0663. The Balaban J connectivity index is 1.37. The Morgan fingerprint density at radius 3 is 2.51 bits per heavy atom. The number of fused-ring (bicyclic) bond motifs is 4. The highest BCUT2D eigenvalue weighted by atomic mass is 19.4. The third-order valence-corrected chi connectivity index (χ3v) is 6.98. The van der Waals surface area contributed by atoms with E-state index in [0.717, 1.165) is 15.6 Å². The lowest BCUT2D eigenvalue weighted by molar-refractivity contribution is -0.143. The van der Waals surface area contributed by atoms with Crippen molar-refractivity contribution in [1.29, 1.82) is 0 Å². The van der Waals surface area contributed by atoms with Crippen molar-refractivity contribution in [3.8, 4) is 11.3 Å². The van der Waals surface area contributed by atoms with Crippen LogP contribution in [0.25, 0.3) is 16.9 Å². The fraction of sp³-hybridized carbons (Fsp3) is 0.214. The van der Waals surface area contributed by atoms with Crippen LogP contribution in [0.2, 0.25) is 0 Å². The van der Waals surface area contributed by atoms with Crippen molar-refractivity contribution in [3.63, 3.8) is 0 Å². The van der Waals surface area contributed by atoms with Crippen molar-refractivity contribution in [3.05, 3.63) is 99.9 Å². The van der Waals surface area contributed by atoms with E-state index in [4.69, 9.17) is 0 Å². The summed E-state index contributed by atoms with van der Waals surface area (Å²) in [5.41, 5.74) is 3.12. The molecule has 0 bridgehead atoms. The topological polar surface area (TPSA) is 77.1 Å². The molecule has 1 N–H and O–H groups in total. The highest BCUT2D eigenvalue weighted by molar-refractivity contribution is 6.04. The fourth-order valence-corrected chi connectivity index (χ4v) is 5.10. The largest absolute Gasteiger partial charge is 0.433 e. The third-order valence-electron chi connectivity index (χ3n) is 6.98. The minimum Gasteiger partial charge on any atom is -0.317 e. The van der Waals surface area contributed by atoms with Crippen molar-refractivity contribution in [2.24, 2.45) is 0 Å². The van der Waals surface area contributed by atoms with E-state index in [1.165, 1.54) is 18.2 Å². The number of benzene rings is 2. The van der Waals surface area contributed by atoms with Gasteiger partial charge in [-0.05, 0) is 49.9 Å². The normalized spacial score (nSPS) is 12.9. The summed E-state index contributed by atoms with van der Waals surface area (Å²) in [7, 11) is 0. The predicted molar refractivity (Wildman–Crippen MR) is 136 cm³/mol. The second kappa shape index (κ2) is 9.04. The summed E-state index contributed by atoms with van der Waals surface area (Å²) < 4.78 is 58.6. The number of rotatable bonds is 4. The van der Waals surface area contributed by atoms with Crippen LogP contribution in [0.15, 0.2) is 54.6 Å². The van der Waals surface area contributed by atoms with E-state index >= 15 is 0 Å². The van der Waals surface area contributed by atoms with E-state index in [1.54, 1.807) is 42.8 Å². The molecule has 11 heteroatoms. The van der Waals surface area contributed by atoms with Crippen LogP contribution in [0.1, 0.15) is 44.3 Å². The molecule has 0 radical (unpaired) electrons. The first-order chi connectivity index (χ1) is 18.6. The molecule has 3 heterocycles. The number of hydrogen-bond acceptors (Lipinski definition) is 4. The first-order valence-electron chi connectivity index (χ1n) is 12.3. The van der Waals surface area contributed by atoms with Gasteiger partial charge in [-0.25, -0.2) is 13.9 Å². The first-order valence-corrected chi connectivity index (χ1v) is 12.3. The number of anilines is 1. The molecule has 7 nitrogen and oxygen atoms in total. The summed E-state index contributed by atoms with van der Waals surface area (Å²) in [5.74, 6) is -1.03. The quantitative estimate of drug-likeness (QED) is 0.297. The van der Waals surface area contributed by atoms with Gasteiger partial charge >= 0.3 is 6.18 Å². The Labute approximate surface area is 220 Å². The zero-order valence-corrected chi connectivity index (χ0v) is 21.0. The van der Waals surface area contributed by atoms with Crippen molar-refractivity contribution in [2.45, 2.75) is 39.4 Å². The zero-order valence-electron chi connectivity index (χ0n) is 21.0. The molecule has 198 valence electrons. The summed E-state index contributed by atoms with van der Waals surface area (Å²) in [6.07, 6.45) is -4.09. The standard InChI is InChI=1S/C28H22F4N6O/c1-15-24(16(2)37(35-15)14-17-7-10-19(29)11-8-17)34-27(39)22-13-23-33-25-20-6-4-3-5-18(20)9-12-21(25)26(28(30,31)32)38(23)36-22/h3-8,10-11,13H,9,12,14H2,1-2H3,(H,34,39). The average Bonchev–Trinajstić information content (AvgIpc) is 3.44. The van der Waals surface area contributed by atoms with Gasteiger partial charge in [-0.2, -0.15) is 23.4 Å². The van der Waals surface area contributed by atoms with Gasteiger partial charge < -0.3 is 5.32 Å². The first kappa shape index (κ1) is 24.8. The molecule has 0 aliphatic heterocycles. The summed E-state index contributed by atoms with van der Waals surface area (Å²) in [4.78, 5) is 17.7. The molecule has 0 fully saturated rings. The number of nitrogens with zero attached hydrogens (tertiary/aromatic N) is 5. The van der Waals surface area contributed by atoms with Gasteiger partial charge in [0.25, 0.3) is 5.91 Å². The number of halogens is 4. The van der Waals surface area contributed by atoms with E-state index in [-0.39, 0.29) is 34.8 Å². The molecular weight excluding hydrogens is 512 g/mol. The Morgan fingerprint density at radius 2 is 1.77 bits per heavy atom. The van der Waals surface area contributed by atoms with Gasteiger partial charge in [0.05, 0.1) is 29.3 Å². The third kappa shape index (κ3) is 4.33. The molecular formula is C28H22F4N6O. The van der Waals surface area contributed by atoms with Crippen LogP contribution in [0.5, 0.6) is 0 Å². The van der Waals surface area contributed by atoms with Crippen LogP contribution >= 0.6 is 0 Å². The van der Waals surface area contributed by atoms with E-state index in [9.17, 15) is 22.4 Å². The van der Waals surface area contributed by atoms with Gasteiger partial charge in [0.2, 0.25) is 0 Å². The van der Waals surface area contributed by atoms with Crippen molar-refractivity contribution >= 4 is 17.2 Å². The van der Waals surface area contributed by atoms with E-state index in [1.807, 2.05) is 12.1 Å². The highest BCUT2D eigenvalue weighted by Gasteiger charge is 2.40. The molecule has 39 heavy (non-hydrogen) atoms. The Morgan fingerprint density at radius 1 is 1.03 bits per heavy atom. The van der Waals surface area contributed by atoms with Crippen LogP contribution in [-0.4, -0.2) is 30.3 Å². The number of alkyl halides is 3. The lowest BCUT2D eigenvalue weighted by atomic mass is 9.88. The molecule has 0 saturated heterocycles. The lowest BCUT2D eigenvalue weighted by Crippen LogP contribution is -2.21. The summed E-state index contributed by atoms with van der Waals surface area (Å²) in [5, 5.41) is 11.2. The maximum Gasteiger partial charge on any atom is 0.433 e. The van der Waals surface area contributed by atoms with Gasteiger partial charge in [-0.1, -0.05) is 36.4 Å². The smallest absolute Gasteiger partial charge is 0.317 e. The number of hydrogen-bond donors (Lipinski definition) is 1. The maximum atomic E-state index is 14.3. The number of amides is 1. The van der Waals surface area contributed by atoms with Crippen LogP contribution in [0.4, 0.5) is 23.2 Å². The number of nitrogens with one attached hydrogen (secondary N) is 1. The number of carbonyl (C=O) groups is 1. The van der Waals surface area contributed by atoms with Crippen molar-refractivity contribution < 1.29 is 22.4 Å². The zero-order chi connectivity index (χ0) is 27.5. The molecule has 0 unspecified atom stereocenters. The minimum atomic E-state index is -4.70. The molecule has 1 aliphatic rings. The molecule has 5 aromatic rings. The van der Waals surface area contributed by atoms with Crippen LogP contribution in [-0.2, 0) is 25.6 Å². The fourth-order valence-electron chi connectivity index (χ4n) is 5.10. The van der Waals surface area contributed by atoms with Gasteiger partial charge in [0, 0.05) is 17.2 Å². The molecule has 1 amide bonds. The predicted octanol–water partition coefficient (Wildman–Crippen LogP) is 5.77. The van der Waals surface area contributed by atoms with Crippen molar-refractivity contribution in [2.75, 3.05) is 5.32 Å². The second-order valence-corrected chi connectivity index (χ2v) is 9.53. The van der Waals surface area contributed by atoms with E-state index in [0.29, 0.717) is 35.6 Å². The molecule has 2 aromatic carbocycles. The second-order valence-electron chi connectivity index (χ2n) is 9.53. The van der Waals surface area contributed by atoms with Gasteiger partial charge in [-0.3, -0.25) is 9.48 Å². The summed E-state index contributed by atoms with van der Waals surface area (Å²) in [6.45, 7) is 3.82. The summed E-state index contributed by atoms with van der Waals surface area (Å²) >= 11 is 0. The molecule has 0 atom stereocenters. The molecule has 6 rings (SSSR count). The SMILES string of the molecule is Cc1nn(Cc2ccc(F)cc2)c(C)c1NC(=O)c1cc2nc3c(c(C(F)(F)F)n2n1)CCc1ccccc1-3. The Kier molecular flexibility index (Phi) is 5.74. The molecule has 1 aliphatic carbocycles. The maximum absolute atomic E-state index is 14.3. The average molecular weight is 535 g/mol. The van der Waals surface area contributed by atoms with Gasteiger partial charge in [-0.15, -0.1) is 0 Å². The molecule has 0 saturated carbocycles.